The quantitative estimate of drug-likeness (QED) is 0.827. The van der Waals surface area contributed by atoms with Gasteiger partial charge in [0.25, 0.3) is 0 Å². The lowest BCUT2D eigenvalue weighted by molar-refractivity contribution is 0.00578. The Labute approximate surface area is 121 Å². The highest BCUT2D eigenvalue weighted by Gasteiger charge is 2.52. The van der Waals surface area contributed by atoms with Crippen LogP contribution in [0.2, 0.25) is 0 Å². The van der Waals surface area contributed by atoms with Crippen molar-refractivity contribution in [1.82, 2.24) is 10.3 Å². The highest BCUT2D eigenvalue weighted by Crippen LogP contribution is 2.36. The summed E-state index contributed by atoms with van der Waals surface area (Å²) in [7, 11) is -0.368. The van der Waals surface area contributed by atoms with Crippen molar-refractivity contribution >= 4 is 12.7 Å². The highest BCUT2D eigenvalue weighted by atomic mass is 16.7. The van der Waals surface area contributed by atoms with E-state index in [1.165, 1.54) is 11.3 Å². The van der Waals surface area contributed by atoms with Gasteiger partial charge in [0.05, 0.1) is 16.8 Å². The molecule has 2 fully saturated rings. The maximum absolute atomic E-state index is 6.08. The van der Waals surface area contributed by atoms with E-state index in [1.54, 1.807) is 0 Å². The number of nitrogens with one attached hydrogen (secondary N) is 1. The minimum Gasteiger partial charge on any atom is -0.398 e. The summed E-state index contributed by atoms with van der Waals surface area (Å²) >= 11 is 0. The van der Waals surface area contributed by atoms with Crippen LogP contribution in [0.4, 0.5) is 0 Å². The molecular weight excluding hydrogens is 251 g/mol. The van der Waals surface area contributed by atoms with Crippen molar-refractivity contribution in [2.24, 2.45) is 0 Å². The van der Waals surface area contributed by atoms with Crippen LogP contribution >= 0.6 is 0 Å². The zero-order chi connectivity index (χ0) is 14.5. The van der Waals surface area contributed by atoms with Crippen molar-refractivity contribution in [3.05, 3.63) is 23.4 Å². The average Bonchev–Trinajstić information content (AvgIpc) is 2.49. The maximum atomic E-state index is 6.08. The predicted octanol–water partition coefficient (Wildman–Crippen LogP) is 1.38. The van der Waals surface area contributed by atoms with Crippen molar-refractivity contribution in [2.75, 3.05) is 13.1 Å². The summed E-state index contributed by atoms with van der Waals surface area (Å²) < 4.78 is 12.2. The lowest BCUT2D eigenvalue weighted by Crippen LogP contribution is -2.43. The predicted molar refractivity (Wildman–Crippen MR) is 80.3 cm³/mol. The first-order chi connectivity index (χ1) is 9.30. The maximum Gasteiger partial charge on any atom is 0.514 e. The Kier molecular flexibility index (Phi) is 3.20. The van der Waals surface area contributed by atoms with Crippen LogP contribution in [0, 0.1) is 6.92 Å². The first-order valence-electron chi connectivity index (χ1n) is 7.34. The molecule has 3 rings (SSSR count). The molecule has 4 nitrogen and oxygen atoms in total. The second-order valence-corrected chi connectivity index (χ2v) is 6.88. The van der Waals surface area contributed by atoms with Crippen molar-refractivity contribution in [3.8, 4) is 0 Å². The molecule has 0 saturated carbocycles. The number of aromatic nitrogens is 1. The molecule has 0 atom stereocenters. The molecule has 108 valence electrons. The van der Waals surface area contributed by atoms with Crippen LogP contribution in [0.25, 0.3) is 0 Å². The molecule has 0 aromatic carbocycles. The van der Waals surface area contributed by atoms with Crippen molar-refractivity contribution in [3.63, 3.8) is 0 Å². The van der Waals surface area contributed by atoms with Crippen LogP contribution in [0.1, 0.15) is 44.9 Å². The fourth-order valence-electron chi connectivity index (χ4n) is 2.55. The zero-order valence-corrected chi connectivity index (χ0v) is 13.0. The van der Waals surface area contributed by atoms with Gasteiger partial charge in [0.2, 0.25) is 0 Å². The van der Waals surface area contributed by atoms with E-state index in [0.717, 1.165) is 18.7 Å². The third-order valence-corrected chi connectivity index (χ3v) is 4.82. The third-order valence-electron chi connectivity index (χ3n) is 4.82. The summed E-state index contributed by atoms with van der Waals surface area (Å²) in [6.45, 7) is 12.4. The summed E-state index contributed by atoms with van der Waals surface area (Å²) in [6, 6.07) is 4.15. The molecule has 1 aromatic heterocycles. The van der Waals surface area contributed by atoms with Crippen LogP contribution in [0.5, 0.6) is 0 Å². The fraction of sp³-hybridized carbons (Fsp3) is 0.667. The molecule has 0 bridgehead atoms. The van der Waals surface area contributed by atoms with Gasteiger partial charge in [0, 0.05) is 24.7 Å². The van der Waals surface area contributed by atoms with Gasteiger partial charge in [-0.3, -0.25) is 4.98 Å². The lowest BCUT2D eigenvalue weighted by Gasteiger charge is -2.32. The summed E-state index contributed by atoms with van der Waals surface area (Å²) in [5, 5.41) is 3.30. The van der Waals surface area contributed by atoms with E-state index in [1.807, 2.05) is 6.07 Å². The number of nitrogens with zero attached hydrogens (tertiary/aromatic N) is 1. The summed E-state index contributed by atoms with van der Waals surface area (Å²) in [4.78, 5) is 4.82. The molecule has 1 aromatic rings. The molecule has 20 heavy (non-hydrogen) atoms. The van der Waals surface area contributed by atoms with E-state index in [9.17, 15) is 0 Å². The second kappa shape index (κ2) is 4.55. The monoisotopic (exact) mass is 274 g/mol. The molecule has 2 saturated heterocycles. The normalized spacial score (nSPS) is 24.8. The first kappa shape index (κ1) is 14.0. The molecule has 0 unspecified atom stereocenters. The number of aryl methyl sites for hydroxylation is 1. The number of hydrogen-bond donors (Lipinski definition) is 1. The van der Waals surface area contributed by atoms with Crippen LogP contribution in [-0.2, 0) is 9.31 Å². The number of rotatable bonds is 2. The van der Waals surface area contributed by atoms with E-state index < -0.39 is 0 Å². The molecule has 1 N–H and O–H groups in total. The van der Waals surface area contributed by atoms with Gasteiger partial charge >= 0.3 is 7.12 Å². The van der Waals surface area contributed by atoms with E-state index in [4.69, 9.17) is 14.3 Å². The van der Waals surface area contributed by atoms with E-state index in [2.05, 4.69) is 46.0 Å². The molecule has 2 aliphatic rings. The van der Waals surface area contributed by atoms with Crippen LogP contribution in [0.3, 0.4) is 0 Å². The highest BCUT2D eigenvalue weighted by molar-refractivity contribution is 6.61. The van der Waals surface area contributed by atoms with Gasteiger partial charge in [0.15, 0.2) is 0 Å². The first-order valence-corrected chi connectivity index (χ1v) is 7.34. The Bertz CT molecular complexity index is 511. The Hall–Kier alpha value is -0.905. The summed E-state index contributed by atoms with van der Waals surface area (Å²) in [6.07, 6.45) is 0. The largest absolute Gasteiger partial charge is 0.514 e. The van der Waals surface area contributed by atoms with Crippen molar-refractivity contribution in [2.45, 2.75) is 51.7 Å². The summed E-state index contributed by atoms with van der Waals surface area (Å²) in [5.74, 6) is 0.525. The minimum atomic E-state index is -0.368. The van der Waals surface area contributed by atoms with Gasteiger partial charge < -0.3 is 14.6 Å². The molecule has 5 heteroatoms. The average molecular weight is 274 g/mol. The second-order valence-electron chi connectivity index (χ2n) is 6.88. The van der Waals surface area contributed by atoms with Crippen LogP contribution in [0.15, 0.2) is 12.1 Å². The molecule has 0 amide bonds. The van der Waals surface area contributed by atoms with Crippen LogP contribution < -0.4 is 10.9 Å². The SMILES string of the molecule is Cc1ccc(B2OC(C)(C)C(C)(C)O2)nc1C1CNC1. The van der Waals surface area contributed by atoms with E-state index >= 15 is 0 Å². The molecule has 0 aliphatic carbocycles. The number of hydrogen-bond acceptors (Lipinski definition) is 4. The van der Waals surface area contributed by atoms with Gasteiger partial charge in [-0.05, 0) is 46.2 Å². The van der Waals surface area contributed by atoms with Gasteiger partial charge in [-0.2, -0.15) is 0 Å². The van der Waals surface area contributed by atoms with Gasteiger partial charge in [-0.15, -0.1) is 0 Å². The fourth-order valence-corrected chi connectivity index (χ4v) is 2.55. The molecular formula is C15H23BN2O2. The standard InChI is InChI=1S/C15H23BN2O2/c1-10-6-7-12(18-13(10)11-8-17-9-11)16-19-14(2,3)15(4,5)20-16/h6-7,11,17H,8-9H2,1-5H3. The van der Waals surface area contributed by atoms with E-state index in [-0.39, 0.29) is 18.3 Å². The lowest BCUT2D eigenvalue weighted by atomic mass is 9.82. The third kappa shape index (κ3) is 2.18. The summed E-state index contributed by atoms with van der Waals surface area (Å²) in [5.41, 5.74) is 2.68. The van der Waals surface area contributed by atoms with Crippen LogP contribution in [-0.4, -0.2) is 36.4 Å². The Morgan fingerprint density at radius 2 is 1.75 bits per heavy atom. The van der Waals surface area contributed by atoms with Gasteiger partial charge in [-0.25, -0.2) is 0 Å². The van der Waals surface area contributed by atoms with Crippen molar-refractivity contribution < 1.29 is 9.31 Å². The molecule has 3 heterocycles. The Morgan fingerprint density at radius 3 is 2.25 bits per heavy atom. The number of pyridine rings is 1. The molecule has 0 spiro atoms. The topological polar surface area (TPSA) is 43.4 Å². The molecule has 0 radical (unpaired) electrons. The Balaban J connectivity index is 1.88. The van der Waals surface area contributed by atoms with Gasteiger partial charge in [0.1, 0.15) is 0 Å². The van der Waals surface area contributed by atoms with Crippen molar-refractivity contribution in [1.29, 1.82) is 0 Å². The Morgan fingerprint density at radius 1 is 1.15 bits per heavy atom. The zero-order valence-electron chi connectivity index (χ0n) is 13.0. The van der Waals surface area contributed by atoms with E-state index in [0.29, 0.717) is 5.92 Å². The minimum absolute atomic E-state index is 0.317. The smallest absolute Gasteiger partial charge is 0.398 e. The van der Waals surface area contributed by atoms with Gasteiger partial charge in [-0.1, -0.05) is 6.07 Å². The molecule has 2 aliphatic heterocycles.